The zero-order valence-electron chi connectivity index (χ0n) is 10.2. The molecule has 2 unspecified atom stereocenters. The molecule has 4 nitrogen and oxygen atoms in total. The molecule has 1 fully saturated rings. The number of aromatic nitrogens is 2. The number of nitrogens with zero attached hydrogens (tertiary/aromatic N) is 2. The molecule has 1 aliphatic rings. The van der Waals surface area contributed by atoms with Gasteiger partial charge in [-0.25, -0.2) is 0 Å². The SMILES string of the molecule is CC1CN(Cc2cc(C(F)(F)F)n[nH]2)CCC1N. The zero-order valence-corrected chi connectivity index (χ0v) is 10.2. The van der Waals surface area contributed by atoms with E-state index < -0.39 is 11.9 Å². The molecule has 0 radical (unpaired) electrons. The highest BCUT2D eigenvalue weighted by Crippen LogP contribution is 2.28. The Hall–Kier alpha value is -1.08. The van der Waals surface area contributed by atoms with Crippen molar-refractivity contribution in [2.75, 3.05) is 13.1 Å². The van der Waals surface area contributed by atoms with Crippen LogP contribution in [0.2, 0.25) is 0 Å². The molecule has 18 heavy (non-hydrogen) atoms. The van der Waals surface area contributed by atoms with Crippen LogP contribution in [0.1, 0.15) is 24.7 Å². The third-order valence-electron chi connectivity index (χ3n) is 3.37. The standard InChI is InChI=1S/C11H17F3N4/c1-7-5-18(3-2-9(7)15)6-8-4-10(17-16-8)11(12,13)14/h4,7,9H,2-3,5-6,15H2,1H3,(H,16,17). The molecule has 0 spiro atoms. The Morgan fingerprint density at radius 1 is 1.56 bits per heavy atom. The van der Waals surface area contributed by atoms with Crippen molar-refractivity contribution in [3.63, 3.8) is 0 Å². The van der Waals surface area contributed by atoms with Crippen LogP contribution in [0.25, 0.3) is 0 Å². The third kappa shape index (κ3) is 3.02. The Labute approximate surface area is 103 Å². The van der Waals surface area contributed by atoms with Crippen LogP contribution in [-0.2, 0) is 12.7 Å². The molecule has 0 aliphatic carbocycles. The van der Waals surface area contributed by atoms with Crippen molar-refractivity contribution in [1.82, 2.24) is 15.1 Å². The van der Waals surface area contributed by atoms with Gasteiger partial charge in [-0.2, -0.15) is 18.3 Å². The number of likely N-dealkylation sites (tertiary alicyclic amines) is 1. The third-order valence-corrected chi connectivity index (χ3v) is 3.37. The van der Waals surface area contributed by atoms with Gasteiger partial charge in [0.1, 0.15) is 0 Å². The molecule has 1 aromatic heterocycles. The average molecular weight is 262 g/mol. The van der Waals surface area contributed by atoms with Crippen LogP contribution >= 0.6 is 0 Å². The fourth-order valence-electron chi connectivity index (χ4n) is 2.22. The van der Waals surface area contributed by atoms with Crippen LogP contribution in [0.3, 0.4) is 0 Å². The van der Waals surface area contributed by atoms with E-state index in [9.17, 15) is 13.2 Å². The molecule has 0 aromatic carbocycles. The Morgan fingerprint density at radius 3 is 2.83 bits per heavy atom. The molecule has 2 heterocycles. The van der Waals surface area contributed by atoms with Gasteiger partial charge in [-0.1, -0.05) is 6.92 Å². The number of piperidine rings is 1. The summed E-state index contributed by atoms with van der Waals surface area (Å²) >= 11 is 0. The molecule has 0 amide bonds. The number of hydrogen-bond donors (Lipinski definition) is 2. The van der Waals surface area contributed by atoms with E-state index in [4.69, 9.17) is 5.73 Å². The lowest BCUT2D eigenvalue weighted by Gasteiger charge is -2.34. The molecule has 1 aliphatic heterocycles. The molecule has 0 bridgehead atoms. The number of alkyl halides is 3. The number of rotatable bonds is 2. The summed E-state index contributed by atoms with van der Waals surface area (Å²) < 4.78 is 37.1. The minimum atomic E-state index is -4.38. The summed E-state index contributed by atoms with van der Waals surface area (Å²) in [5.41, 5.74) is 5.53. The maximum Gasteiger partial charge on any atom is 0.435 e. The number of nitrogens with two attached hydrogens (primary N) is 1. The van der Waals surface area contributed by atoms with E-state index in [0.717, 1.165) is 25.6 Å². The minimum absolute atomic E-state index is 0.189. The van der Waals surface area contributed by atoms with Crippen molar-refractivity contribution < 1.29 is 13.2 Å². The quantitative estimate of drug-likeness (QED) is 0.851. The predicted octanol–water partition coefficient (Wildman–Crippen LogP) is 1.60. The molecule has 0 saturated carbocycles. The summed E-state index contributed by atoms with van der Waals surface area (Å²) in [6, 6.07) is 1.26. The predicted molar refractivity (Wildman–Crippen MR) is 60.6 cm³/mol. The van der Waals surface area contributed by atoms with Gasteiger partial charge < -0.3 is 5.73 Å². The zero-order chi connectivity index (χ0) is 13.3. The minimum Gasteiger partial charge on any atom is -0.327 e. The molecule has 7 heteroatoms. The Balaban J connectivity index is 1.96. The van der Waals surface area contributed by atoms with Gasteiger partial charge in [0.15, 0.2) is 5.69 Å². The van der Waals surface area contributed by atoms with E-state index in [0.29, 0.717) is 18.2 Å². The molecule has 2 atom stereocenters. The van der Waals surface area contributed by atoms with E-state index in [2.05, 4.69) is 22.0 Å². The molecular formula is C11H17F3N4. The van der Waals surface area contributed by atoms with Crippen molar-refractivity contribution in [3.8, 4) is 0 Å². The van der Waals surface area contributed by atoms with E-state index in [-0.39, 0.29) is 6.04 Å². The Kier molecular flexibility index (Phi) is 3.63. The number of hydrogen-bond acceptors (Lipinski definition) is 3. The summed E-state index contributed by atoms with van der Waals surface area (Å²) in [4.78, 5) is 2.10. The van der Waals surface area contributed by atoms with E-state index in [1.165, 1.54) is 0 Å². The van der Waals surface area contributed by atoms with Gasteiger partial charge >= 0.3 is 6.18 Å². The van der Waals surface area contributed by atoms with Crippen LogP contribution in [0.5, 0.6) is 0 Å². The second-order valence-corrected chi connectivity index (χ2v) is 4.94. The maximum atomic E-state index is 12.4. The monoisotopic (exact) mass is 262 g/mol. The van der Waals surface area contributed by atoms with Gasteiger partial charge in [0, 0.05) is 31.4 Å². The fourth-order valence-corrected chi connectivity index (χ4v) is 2.22. The fraction of sp³-hybridized carbons (Fsp3) is 0.727. The number of aromatic amines is 1. The molecular weight excluding hydrogens is 245 g/mol. The van der Waals surface area contributed by atoms with Gasteiger partial charge in [0.2, 0.25) is 0 Å². The second-order valence-electron chi connectivity index (χ2n) is 4.94. The largest absolute Gasteiger partial charge is 0.435 e. The summed E-state index contributed by atoms with van der Waals surface area (Å²) in [6.45, 7) is 4.14. The topological polar surface area (TPSA) is 57.9 Å². The van der Waals surface area contributed by atoms with Crippen molar-refractivity contribution >= 4 is 0 Å². The summed E-state index contributed by atoms with van der Waals surface area (Å²) in [7, 11) is 0. The summed E-state index contributed by atoms with van der Waals surface area (Å²) in [5, 5.41) is 5.73. The van der Waals surface area contributed by atoms with Crippen molar-refractivity contribution in [2.24, 2.45) is 11.7 Å². The summed E-state index contributed by atoms with van der Waals surface area (Å²) in [5.74, 6) is 0.365. The van der Waals surface area contributed by atoms with Crippen LogP contribution in [0, 0.1) is 5.92 Å². The lowest BCUT2D eigenvalue weighted by Crippen LogP contribution is -2.45. The molecule has 3 N–H and O–H groups in total. The van der Waals surface area contributed by atoms with Crippen molar-refractivity contribution in [2.45, 2.75) is 32.1 Å². The van der Waals surface area contributed by atoms with Crippen LogP contribution in [-0.4, -0.2) is 34.2 Å². The highest BCUT2D eigenvalue weighted by molar-refractivity contribution is 5.11. The number of halogens is 3. The first-order valence-electron chi connectivity index (χ1n) is 5.95. The average Bonchev–Trinajstić information content (AvgIpc) is 2.72. The Morgan fingerprint density at radius 2 is 2.28 bits per heavy atom. The molecule has 2 rings (SSSR count). The molecule has 1 aromatic rings. The highest BCUT2D eigenvalue weighted by atomic mass is 19.4. The van der Waals surface area contributed by atoms with Crippen LogP contribution < -0.4 is 5.73 Å². The van der Waals surface area contributed by atoms with E-state index in [1.807, 2.05) is 0 Å². The highest BCUT2D eigenvalue weighted by Gasteiger charge is 2.34. The molecule has 1 saturated heterocycles. The smallest absolute Gasteiger partial charge is 0.327 e. The first-order chi connectivity index (χ1) is 8.36. The number of nitrogens with one attached hydrogen (secondary N) is 1. The van der Waals surface area contributed by atoms with Gasteiger partial charge in [-0.05, 0) is 18.4 Å². The van der Waals surface area contributed by atoms with E-state index in [1.54, 1.807) is 0 Å². The van der Waals surface area contributed by atoms with Gasteiger partial charge in [-0.3, -0.25) is 10.00 Å². The van der Waals surface area contributed by atoms with Gasteiger partial charge in [-0.15, -0.1) is 0 Å². The lowest BCUT2D eigenvalue weighted by atomic mass is 9.95. The Bertz CT molecular complexity index is 401. The lowest BCUT2D eigenvalue weighted by molar-refractivity contribution is -0.141. The molecule has 102 valence electrons. The van der Waals surface area contributed by atoms with Crippen molar-refractivity contribution in [3.05, 3.63) is 17.5 Å². The van der Waals surface area contributed by atoms with E-state index >= 15 is 0 Å². The van der Waals surface area contributed by atoms with Crippen molar-refractivity contribution in [1.29, 1.82) is 0 Å². The first-order valence-corrected chi connectivity index (χ1v) is 5.95. The normalized spacial score (nSPS) is 26.5. The van der Waals surface area contributed by atoms with Gasteiger partial charge in [0.25, 0.3) is 0 Å². The van der Waals surface area contributed by atoms with Crippen LogP contribution in [0.4, 0.5) is 13.2 Å². The second kappa shape index (κ2) is 4.89. The first kappa shape index (κ1) is 13.4. The number of H-pyrrole nitrogens is 1. The van der Waals surface area contributed by atoms with Crippen LogP contribution in [0.15, 0.2) is 6.07 Å². The summed E-state index contributed by atoms with van der Waals surface area (Å²) in [6.07, 6.45) is -3.51. The van der Waals surface area contributed by atoms with Gasteiger partial charge in [0.05, 0.1) is 0 Å². The maximum absolute atomic E-state index is 12.4.